The van der Waals surface area contributed by atoms with E-state index in [9.17, 15) is 9.59 Å². The van der Waals surface area contributed by atoms with Gasteiger partial charge in [0.25, 0.3) is 0 Å². The summed E-state index contributed by atoms with van der Waals surface area (Å²) in [5.41, 5.74) is 0. The SMILES string of the molecule is C=CCC(NC(=O)N(C)C(C)CCSC)C(=O)O. The number of aliphatic carboxylic acids is 1. The number of amides is 2. The van der Waals surface area contributed by atoms with Gasteiger partial charge in [-0.1, -0.05) is 6.08 Å². The molecule has 0 aliphatic heterocycles. The van der Waals surface area contributed by atoms with Crippen molar-refractivity contribution in [3.63, 3.8) is 0 Å². The topological polar surface area (TPSA) is 69.6 Å². The quantitative estimate of drug-likeness (QED) is 0.662. The fourth-order valence-corrected chi connectivity index (χ4v) is 1.90. The lowest BCUT2D eigenvalue weighted by molar-refractivity contribution is -0.139. The Morgan fingerprint density at radius 2 is 2.17 bits per heavy atom. The highest BCUT2D eigenvalue weighted by Crippen LogP contribution is 2.06. The molecule has 0 aliphatic rings. The number of carbonyl (C=O) groups is 2. The molecule has 2 unspecified atom stereocenters. The van der Waals surface area contributed by atoms with Gasteiger partial charge >= 0.3 is 12.0 Å². The third-order valence-electron chi connectivity index (χ3n) is 2.72. The number of carboxylic acids is 1. The van der Waals surface area contributed by atoms with Crippen LogP contribution in [-0.2, 0) is 4.79 Å². The molecule has 0 radical (unpaired) electrons. The third-order valence-corrected chi connectivity index (χ3v) is 3.36. The molecule has 0 aromatic rings. The number of thioether (sulfide) groups is 1. The number of nitrogens with one attached hydrogen (secondary N) is 1. The highest BCUT2D eigenvalue weighted by atomic mass is 32.2. The van der Waals surface area contributed by atoms with E-state index in [4.69, 9.17) is 5.11 Å². The highest BCUT2D eigenvalue weighted by molar-refractivity contribution is 7.98. The van der Waals surface area contributed by atoms with Crippen molar-refractivity contribution in [1.29, 1.82) is 0 Å². The summed E-state index contributed by atoms with van der Waals surface area (Å²) in [6, 6.07) is -1.20. The molecule has 5 nitrogen and oxygen atoms in total. The molecular formula is C12H22N2O3S. The molecule has 0 aromatic carbocycles. The molecule has 0 bridgehead atoms. The summed E-state index contributed by atoms with van der Waals surface area (Å²) in [7, 11) is 1.67. The van der Waals surface area contributed by atoms with E-state index in [1.807, 2.05) is 13.2 Å². The molecule has 2 N–H and O–H groups in total. The maximum Gasteiger partial charge on any atom is 0.326 e. The number of urea groups is 1. The molecule has 0 saturated heterocycles. The second-order valence-electron chi connectivity index (χ2n) is 4.11. The van der Waals surface area contributed by atoms with Gasteiger partial charge in [-0.3, -0.25) is 0 Å². The monoisotopic (exact) mass is 274 g/mol. The Hall–Kier alpha value is -1.17. The fraction of sp³-hybridized carbons (Fsp3) is 0.667. The second-order valence-corrected chi connectivity index (χ2v) is 5.09. The smallest absolute Gasteiger partial charge is 0.326 e. The van der Waals surface area contributed by atoms with E-state index in [1.165, 1.54) is 11.0 Å². The molecule has 0 aliphatic carbocycles. The molecule has 2 atom stereocenters. The van der Waals surface area contributed by atoms with Crippen LogP contribution in [0.3, 0.4) is 0 Å². The van der Waals surface area contributed by atoms with Gasteiger partial charge in [-0.05, 0) is 31.8 Å². The molecule has 0 aromatic heterocycles. The lowest BCUT2D eigenvalue weighted by atomic mass is 10.2. The Bertz CT molecular complexity index is 297. The normalized spacial score (nSPS) is 13.5. The highest BCUT2D eigenvalue weighted by Gasteiger charge is 2.22. The first kappa shape index (κ1) is 16.8. The van der Waals surface area contributed by atoms with Crippen LogP contribution in [0.4, 0.5) is 4.79 Å². The largest absolute Gasteiger partial charge is 0.480 e. The summed E-state index contributed by atoms with van der Waals surface area (Å²) in [6.45, 7) is 5.42. The first-order valence-electron chi connectivity index (χ1n) is 5.80. The van der Waals surface area contributed by atoms with Crippen LogP contribution in [0.25, 0.3) is 0 Å². The fourth-order valence-electron chi connectivity index (χ4n) is 1.32. The average molecular weight is 274 g/mol. The van der Waals surface area contributed by atoms with Crippen molar-refractivity contribution >= 4 is 23.8 Å². The summed E-state index contributed by atoms with van der Waals surface area (Å²) >= 11 is 1.72. The molecular weight excluding hydrogens is 252 g/mol. The van der Waals surface area contributed by atoms with Crippen molar-refractivity contribution in [2.24, 2.45) is 0 Å². The maximum absolute atomic E-state index is 11.8. The Morgan fingerprint density at radius 1 is 1.56 bits per heavy atom. The number of hydrogen-bond acceptors (Lipinski definition) is 3. The summed E-state index contributed by atoms with van der Waals surface area (Å²) in [4.78, 5) is 24.3. The van der Waals surface area contributed by atoms with E-state index in [-0.39, 0.29) is 18.5 Å². The van der Waals surface area contributed by atoms with E-state index in [0.29, 0.717) is 0 Å². The van der Waals surface area contributed by atoms with Gasteiger partial charge < -0.3 is 15.3 Å². The summed E-state index contributed by atoms with van der Waals surface area (Å²) in [6.07, 6.45) is 4.59. The molecule has 2 amide bonds. The zero-order valence-corrected chi connectivity index (χ0v) is 12.0. The predicted molar refractivity (Wildman–Crippen MR) is 75.0 cm³/mol. The van der Waals surface area contributed by atoms with Gasteiger partial charge in [0.15, 0.2) is 0 Å². The molecule has 18 heavy (non-hydrogen) atoms. The van der Waals surface area contributed by atoms with Gasteiger partial charge in [-0.15, -0.1) is 6.58 Å². The van der Waals surface area contributed by atoms with Crippen molar-refractivity contribution < 1.29 is 14.7 Å². The first-order valence-corrected chi connectivity index (χ1v) is 7.19. The van der Waals surface area contributed by atoms with E-state index in [1.54, 1.807) is 18.8 Å². The van der Waals surface area contributed by atoms with Crippen molar-refractivity contribution in [3.8, 4) is 0 Å². The number of nitrogens with zero attached hydrogens (tertiary/aromatic N) is 1. The van der Waals surface area contributed by atoms with Crippen LogP contribution in [0.5, 0.6) is 0 Å². The van der Waals surface area contributed by atoms with Gasteiger partial charge in [-0.2, -0.15) is 11.8 Å². The van der Waals surface area contributed by atoms with Gasteiger partial charge in [0.1, 0.15) is 6.04 Å². The van der Waals surface area contributed by atoms with Crippen LogP contribution in [-0.4, -0.2) is 53.1 Å². The number of rotatable bonds is 8. The Labute approximate surface area is 113 Å². The van der Waals surface area contributed by atoms with E-state index in [2.05, 4.69) is 11.9 Å². The minimum Gasteiger partial charge on any atom is -0.480 e. The van der Waals surface area contributed by atoms with Crippen LogP contribution >= 0.6 is 11.8 Å². The van der Waals surface area contributed by atoms with E-state index >= 15 is 0 Å². The molecule has 6 heteroatoms. The minimum absolute atomic E-state index is 0.0793. The zero-order valence-electron chi connectivity index (χ0n) is 11.2. The van der Waals surface area contributed by atoms with Crippen LogP contribution < -0.4 is 5.32 Å². The van der Waals surface area contributed by atoms with E-state index in [0.717, 1.165) is 12.2 Å². The number of carbonyl (C=O) groups excluding carboxylic acids is 1. The summed E-state index contributed by atoms with van der Waals surface area (Å²) < 4.78 is 0. The van der Waals surface area contributed by atoms with Crippen molar-refractivity contribution in [1.82, 2.24) is 10.2 Å². The third kappa shape index (κ3) is 5.95. The van der Waals surface area contributed by atoms with Crippen molar-refractivity contribution in [3.05, 3.63) is 12.7 Å². The van der Waals surface area contributed by atoms with Crippen LogP contribution in [0, 0.1) is 0 Å². The molecule has 0 saturated carbocycles. The molecule has 104 valence electrons. The van der Waals surface area contributed by atoms with Crippen LogP contribution in [0.2, 0.25) is 0 Å². The first-order chi connectivity index (χ1) is 8.43. The zero-order chi connectivity index (χ0) is 14.1. The standard InChI is InChI=1S/C12H22N2O3S/c1-5-6-10(11(15)16)13-12(17)14(3)9(2)7-8-18-4/h5,9-10H,1,6-8H2,2-4H3,(H,13,17)(H,15,16). The van der Waals surface area contributed by atoms with Gasteiger partial charge in [0.2, 0.25) is 0 Å². The Kier molecular flexibility index (Phi) is 8.28. The van der Waals surface area contributed by atoms with Gasteiger partial charge in [0.05, 0.1) is 0 Å². The minimum atomic E-state index is -1.05. The van der Waals surface area contributed by atoms with Crippen LogP contribution in [0.1, 0.15) is 19.8 Å². The van der Waals surface area contributed by atoms with Crippen molar-refractivity contribution in [2.45, 2.75) is 31.8 Å². The lowest BCUT2D eigenvalue weighted by Gasteiger charge is -2.26. The lowest BCUT2D eigenvalue weighted by Crippen LogP contribution is -2.49. The molecule has 0 rings (SSSR count). The average Bonchev–Trinajstić information content (AvgIpc) is 2.33. The molecule has 0 fully saturated rings. The summed E-state index contributed by atoms with van der Waals surface area (Å²) in [5.74, 6) is -0.0817. The Morgan fingerprint density at radius 3 is 2.61 bits per heavy atom. The predicted octanol–water partition coefficient (Wildman–Crippen LogP) is 1.80. The maximum atomic E-state index is 11.8. The molecule has 0 heterocycles. The van der Waals surface area contributed by atoms with Gasteiger partial charge in [0, 0.05) is 13.1 Å². The van der Waals surface area contributed by atoms with Gasteiger partial charge in [-0.25, -0.2) is 9.59 Å². The Balaban J connectivity index is 4.35. The summed E-state index contributed by atoms with van der Waals surface area (Å²) in [5, 5.41) is 11.4. The second kappa shape index (κ2) is 8.85. The van der Waals surface area contributed by atoms with E-state index < -0.39 is 12.0 Å². The van der Waals surface area contributed by atoms with Crippen molar-refractivity contribution in [2.75, 3.05) is 19.1 Å². The molecule has 0 spiro atoms. The number of carboxylic acid groups (broad SMARTS) is 1. The number of hydrogen-bond donors (Lipinski definition) is 2. The van der Waals surface area contributed by atoms with Crippen LogP contribution in [0.15, 0.2) is 12.7 Å².